The van der Waals surface area contributed by atoms with Gasteiger partial charge in [0.1, 0.15) is 11.5 Å². The molecule has 0 bridgehead atoms. The molecule has 0 radical (unpaired) electrons. The molecule has 1 heterocycles. The number of hydrogen-bond donors (Lipinski definition) is 2. The van der Waals surface area contributed by atoms with Crippen molar-refractivity contribution >= 4 is 0 Å². The average molecular weight is 237 g/mol. The van der Waals surface area contributed by atoms with E-state index in [1.807, 2.05) is 6.92 Å². The molecule has 1 fully saturated rings. The van der Waals surface area contributed by atoms with Crippen LogP contribution in [-0.2, 0) is 11.3 Å². The van der Waals surface area contributed by atoms with Gasteiger partial charge in [0.05, 0.1) is 13.2 Å². The van der Waals surface area contributed by atoms with Crippen LogP contribution in [0, 0.1) is 13.8 Å². The van der Waals surface area contributed by atoms with Gasteiger partial charge in [0.15, 0.2) is 0 Å². The highest BCUT2D eigenvalue weighted by Crippen LogP contribution is 2.32. The molecule has 2 rings (SSSR count). The molecule has 0 amide bonds. The third-order valence-electron chi connectivity index (χ3n) is 3.33. The predicted octanol–water partition coefficient (Wildman–Crippen LogP) is 1.55. The first-order valence-corrected chi connectivity index (χ1v) is 5.90. The first-order chi connectivity index (χ1) is 8.09. The number of phenols is 2. The lowest BCUT2D eigenvalue weighted by atomic mass is 10.0. The third kappa shape index (κ3) is 2.53. The van der Waals surface area contributed by atoms with Gasteiger partial charge in [-0.1, -0.05) is 0 Å². The van der Waals surface area contributed by atoms with Crippen molar-refractivity contribution in [1.29, 1.82) is 0 Å². The Morgan fingerprint density at radius 3 is 2.53 bits per heavy atom. The summed E-state index contributed by atoms with van der Waals surface area (Å²) in [6.45, 7) is 7.50. The van der Waals surface area contributed by atoms with Crippen molar-refractivity contribution in [3.63, 3.8) is 0 Å². The number of nitrogens with zero attached hydrogens (tertiary/aromatic N) is 1. The van der Waals surface area contributed by atoms with E-state index in [9.17, 15) is 10.2 Å². The highest BCUT2D eigenvalue weighted by molar-refractivity contribution is 5.51. The number of phenolic OH excluding ortho intramolecular Hbond substituents is 2. The fraction of sp³-hybridized carbons (Fsp3) is 0.538. The molecule has 1 saturated heterocycles. The van der Waals surface area contributed by atoms with Crippen molar-refractivity contribution < 1.29 is 14.9 Å². The molecule has 0 saturated carbocycles. The SMILES string of the molecule is Cc1cc(O)c(CN2CCOCC2)c(C)c1O. The van der Waals surface area contributed by atoms with Crippen LogP contribution in [-0.4, -0.2) is 41.4 Å². The van der Waals surface area contributed by atoms with Gasteiger partial charge in [0, 0.05) is 25.2 Å². The Morgan fingerprint density at radius 2 is 1.88 bits per heavy atom. The van der Waals surface area contributed by atoms with Crippen LogP contribution in [0.2, 0.25) is 0 Å². The van der Waals surface area contributed by atoms with Gasteiger partial charge < -0.3 is 14.9 Å². The maximum Gasteiger partial charge on any atom is 0.121 e. The van der Waals surface area contributed by atoms with Crippen molar-refractivity contribution in [3.05, 3.63) is 22.8 Å². The molecule has 1 aliphatic heterocycles. The van der Waals surface area contributed by atoms with Crippen LogP contribution in [0.3, 0.4) is 0 Å². The Labute approximate surface area is 101 Å². The molecule has 1 aliphatic rings. The summed E-state index contributed by atoms with van der Waals surface area (Å²) in [6.07, 6.45) is 0. The second-order valence-electron chi connectivity index (χ2n) is 4.55. The number of hydrogen-bond acceptors (Lipinski definition) is 4. The molecule has 1 aromatic rings. The van der Waals surface area contributed by atoms with Crippen LogP contribution in [0.5, 0.6) is 11.5 Å². The van der Waals surface area contributed by atoms with E-state index in [0.29, 0.717) is 12.1 Å². The van der Waals surface area contributed by atoms with E-state index in [2.05, 4.69) is 4.90 Å². The molecule has 0 atom stereocenters. The fourth-order valence-corrected chi connectivity index (χ4v) is 2.17. The minimum Gasteiger partial charge on any atom is -0.508 e. The average Bonchev–Trinajstić information content (AvgIpc) is 2.33. The number of aryl methyl sites for hydroxylation is 1. The first-order valence-electron chi connectivity index (χ1n) is 5.90. The van der Waals surface area contributed by atoms with Gasteiger partial charge in [-0.3, -0.25) is 4.90 Å². The maximum absolute atomic E-state index is 9.96. The molecular weight excluding hydrogens is 218 g/mol. The van der Waals surface area contributed by atoms with Gasteiger partial charge >= 0.3 is 0 Å². The molecule has 0 spiro atoms. The Balaban J connectivity index is 2.22. The number of morpholine rings is 1. The van der Waals surface area contributed by atoms with Crippen LogP contribution in [0.4, 0.5) is 0 Å². The summed E-state index contributed by atoms with van der Waals surface area (Å²) >= 11 is 0. The van der Waals surface area contributed by atoms with Crippen molar-refractivity contribution in [2.45, 2.75) is 20.4 Å². The topological polar surface area (TPSA) is 52.9 Å². The normalized spacial score (nSPS) is 17.3. The second kappa shape index (κ2) is 4.94. The fourth-order valence-electron chi connectivity index (χ4n) is 2.17. The van der Waals surface area contributed by atoms with Gasteiger partial charge in [-0.05, 0) is 31.0 Å². The number of rotatable bonds is 2. The highest BCUT2D eigenvalue weighted by atomic mass is 16.5. The van der Waals surface area contributed by atoms with E-state index >= 15 is 0 Å². The van der Waals surface area contributed by atoms with E-state index in [4.69, 9.17) is 4.74 Å². The van der Waals surface area contributed by atoms with Crippen molar-refractivity contribution in [3.8, 4) is 11.5 Å². The summed E-state index contributed by atoms with van der Waals surface area (Å²) < 4.78 is 5.29. The zero-order valence-corrected chi connectivity index (χ0v) is 10.4. The molecule has 4 heteroatoms. The van der Waals surface area contributed by atoms with Crippen LogP contribution >= 0.6 is 0 Å². The smallest absolute Gasteiger partial charge is 0.121 e. The van der Waals surface area contributed by atoms with E-state index < -0.39 is 0 Å². The number of benzene rings is 1. The van der Waals surface area contributed by atoms with E-state index in [1.165, 1.54) is 0 Å². The van der Waals surface area contributed by atoms with Crippen LogP contribution in [0.25, 0.3) is 0 Å². The maximum atomic E-state index is 9.96. The highest BCUT2D eigenvalue weighted by Gasteiger charge is 2.17. The zero-order valence-electron chi connectivity index (χ0n) is 10.4. The molecule has 4 nitrogen and oxygen atoms in total. The Hall–Kier alpha value is -1.26. The summed E-state index contributed by atoms with van der Waals surface area (Å²) in [5.74, 6) is 0.551. The lowest BCUT2D eigenvalue weighted by Gasteiger charge is -2.27. The summed E-state index contributed by atoms with van der Waals surface area (Å²) in [5.41, 5.74) is 2.30. The number of ether oxygens (including phenoxy) is 1. The Kier molecular flexibility index (Phi) is 3.54. The summed E-state index contributed by atoms with van der Waals surface area (Å²) in [7, 11) is 0. The van der Waals surface area contributed by atoms with Crippen LogP contribution in [0.1, 0.15) is 16.7 Å². The Morgan fingerprint density at radius 1 is 1.24 bits per heavy atom. The minimum absolute atomic E-state index is 0.268. The number of aromatic hydroxyl groups is 2. The first kappa shape index (κ1) is 12.2. The minimum atomic E-state index is 0.268. The summed E-state index contributed by atoms with van der Waals surface area (Å²) in [4.78, 5) is 2.22. The molecule has 17 heavy (non-hydrogen) atoms. The van der Waals surface area contributed by atoms with Gasteiger partial charge in [-0.15, -0.1) is 0 Å². The van der Waals surface area contributed by atoms with Gasteiger partial charge in [0.2, 0.25) is 0 Å². The second-order valence-corrected chi connectivity index (χ2v) is 4.55. The molecule has 0 unspecified atom stereocenters. The van der Waals surface area contributed by atoms with Crippen LogP contribution < -0.4 is 0 Å². The monoisotopic (exact) mass is 237 g/mol. The van der Waals surface area contributed by atoms with Gasteiger partial charge in [-0.25, -0.2) is 0 Å². The summed E-state index contributed by atoms with van der Waals surface area (Å²) in [6, 6.07) is 1.62. The zero-order chi connectivity index (χ0) is 12.4. The molecular formula is C13H19NO3. The molecule has 94 valence electrons. The van der Waals surface area contributed by atoms with E-state index in [-0.39, 0.29) is 11.5 Å². The quantitative estimate of drug-likeness (QED) is 0.766. The third-order valence-corrected chi connectivity index (χ3v) is 3.33. The largest absolute Gasteiger partial charge is 0.508 e. The Bertz CT molecular complexity index is 412. The molecule has 2 N–H and O–H groups in total. The van der Waals surface area contributed by atoms with Crippen molar-refractivity contribution in [2.24, 2.45) is 0 Å². The predicted molar refractivity (Wildman–Crippen MR) is 65.3 cm³/mol. The lowest BCUT2D eigenvalue weighted by Crippen LogP contribution is -2.35. The standard InChI is InChI=1S/C13H19NO3/c1-9-7-12(15)11(10(2)13(9)16)8-14-3-5-17-6-4-14/h7,15-16H,3-6,8H2,1-2H3. The molecule has 0 aliphatic carbocycles. The lowest BCUT2D eigenvalue weighted by molar-refractivity contribution is 0.0337. The van der Waals surface area contributed by atoms with Gasteiger partial charge in [0.25, 0.3) is 0 Å². The van der Waals surface area contributed by atoms with E-state index in [0.717, 1.165) is 37.4 Å². The van der Waals surface area contributed by atoms with Crippen molar-refractivity contribution in [1.82, 2.24) is 4.90 Å². The van der Waals surface area contributed by atoms with E-state index in [1.54, 1.807) is 13.0 Å². The summed E-state index contributed by atoms with van der Waals surface area (Å²) in [5, 5.41) is 19.8. The molecule has 0 aromatic heterocycles. The molecule has 1 aromatic carbocycles. The van der Waals surface area contributed by atoms with Gasteiger partial charge in [-0.2, -0.15) is 0 Å². The van der Waals surface area contributed by atoms with Crippen molar-refractivity contribution in [2.75, 3.05) is 26.3 Å². The van der Waals surface area contributed by atoms with Crippen LogP contribution in [0.15, 0.2) is 6.07 Å².